The summed E-state index contributed by atoms with van der Waals surface area (Å²) in [6, 6.07) is 0. The van der Waals surface area contributed by atoms with Crippen LogP contribution in [0.2, 0.25) is 0 Å². The van der Waals surface area contributed by atoms with Gasteiger partial charge in [-0.1, -0.05) is 58.1 Å². The van der Waals surface area contributed by atoms with Crippen LogP contribution >= 0.6 is 0 Å². The van der Waals surface area contributed by atoms with Crippen molar-refractivity contribution in [2.75, 3.05) is 0 Å². The Morgan fingerprint density at radius 1 is 0.692 bits per heavy atom. The van der Waals surface area contributed by atoms with Crippen LogP contribution in [-0.4, -0.2) is 11.7 Å². The van der Waals surface area contributed by atoms with Crippen LogP contribution in [0, 0.1) is 15.7 Å². The third-order valence-electron chi connectivity index (χ3n) is 5.80. The molecule has 0 spiro atoms. The number of allylic oxidation sites excluding steroid dienone is 2. The van der Waals surface area contributed by atoms with Gasteiger partial charge in [-0.05, 0) is 59.3 Å². The minimum absolute atomic E-state index is 0.185. The fraction of sp³-hybridized carbons (Fsp3) is 0.818. The molecule has 0 rings (SSSR count). The summed E-state index contributed by atoms with van der Waals surface area (Å²) in [5, 5.41) is 2.56. The smallest absolute Gasteiger partial charge is 0.291 e. The van der Waals surface area contributed by atoms with Crippen molar-refractivity contribution >= 4 is 11.7 Å². The van der Waals surface area contributed by atoms with Crippen LogP contribution in [0.3, 0.4) is 0 Å². The van der Waals surface area contributed by atoms with E-state index in [1.165, 1.54) is 17.6 Å². The molecule has 0 fully saturated rings. The van der Waals surface area contributed by atoms with E-state index in [9.17, 15) is 14.5 Å². The molecule has 0 bridgehead atoms. The number of carbonyl (C=O) groups is 2. The normalized spacial score (nSPS) is 13.3. The van der Waals surface area contributed by atoms with Gasteiger partial charge in [0, 0.05) is 16.0 Å². The van der Waals surface area contributed by atoms with Crippen LogP contribution in [-0.2, 0) is 9.59 Å². The summed E-state index contributed by atoms with van der Waals surface area (Å²) in [4.78, 5) is 33.3. The monoisotopic (exact) mass is 365 g/mol. The SMILES string of the molecule is CC(=O)C(C)(C)CCCCC/C(C)=C(/C)CCCCC(C)(C)C(=O)N=O. The van der Waals surface area contributed by atoms with Crippen LogP contribution in [0.1, 0.15) is 106 Å². The highest BCUT2D eigenvalue weighted by Crippen LogP contribution is 2.27. The molecule has 4 heteroatoms. The van der Waals surface area contributed by atoms with Gasteiger partial charge in [-0.3, -0.25) is 9.59 Å². The maximum Gasteiger partial charge on any atom is 0.291 e. The summed E-state index contributed by atoms with van der Waals surface area (Å²) in [5.74, 6) is -0.271. The van der Waals surface area contributed by atoms with Gasteiger partial charge in [-0.25, -0.2) is 0 Å². The lowest BCUT2D eigenvalue weighted by Crippen LogP contribution is -2.21. The van der Waals surface area contributed by atoms with E-state index in [1.807, 2.05) is 13.8 Å². The van der Waals surface area contributed by atoms with Crippen molar-refractivity contribution in [1.29, 1.82) is 0 Å². The first kappa shape index (κ1) is 24.7. The molecule has 0 aliphatic heterocycles. The molecule has 0 aromatic heterocycles. The lowest BCUT2D eigenvalue weighted by atomic mass is 9.83. The van der Waals surface area contributed by atoms with Gasteiger partial charge < -0.3 is 0 Å². The van der Waals surface area contributed by atoms with Crippen molar-refractivity contribution in [3.05, 3.63) is 16.1 Å². The molecule has 0 aliphatic carbocycles. The Hall–Kier alpha value is -1.32. The van der Waals surface area contributed by atoms with Gasteiger partial charge in [-0.15, -0.1) is 4.91 Å². The second kappa shape index (κ2) is 11.4. The Labute approximate surface area is 160 Å². The minimum Gasteiger partial charge on any atom is -0.299 e. The molecule has 0 saturated carbocycles. The summed E-state index contributed by atoms with van der Waals surface area (Å²) in [5.41, 5.74) is 2.07. The summed E-state index contributed by atoms with van der Waals surface area (Å²) in [6.45, 7) is 13.7. The average Bonchev–Trinajstić information content (AvgIpc) is 2.56. The number of hydrogen-bond donors (Lipinski definition) is 0. The van der Waals surface area contributed by atoms with Gasteiger partial charge in [0.2, 0.25) is 0 Å². The van der Waals surface area contributed by atoms with Gasteiger partial charge in [0.1, 0.15) is 5.78 Å². The van der Waals surface area contributed by atoms with Crippen molar-refractivity contribution in [1.82, 2.24) is 0 Å². The number of Topliss-reactive ketones (excluding diaryl/α,β-unsaturated/α-hetero) is 1. The second-order valence-corrected chi connectivity index (χ2v) is 9.05. The minimum atomic E-state index is -0.637. The first-order valence-electron chi connectivity index (χ1n) is 9.98. The number of nitrogens with zero attached hydrogens (tertiary/aromatic N) is 1. The fourth-order valence-corrected chi connectivity index (χ4v) is 2.92. The molecule has 0 heterocycles. The van der Waals surface area contributed by atoms with Gasteiger partial charge >= 0.3 is 0 Å². The quantitative estimate of drug-likeness (QED) is 0.205. The van der Waals surface area contributed by atoms with Crippen LogP contribution in [0.15, 0.2) is 16.3 Å². The maximum absolute atomic E-state index is 11.5. The lowest BCUT2D eigenvalue weighted by Gasteiger charge is -2.20. The first-order chi connectivity index (χ1) is 11.9. The van der Waals surface area contributed by atoms with Crippen LogP contribution < -0.4 is 0 Å². The van der Waals surface area contributed by atoms with Gasteiger partial charge in [0.05, 0.1) is 0 Å². The Morgan fingerprint density at radius 3 is 1.58 bits per heavy atom. The third-order valence-corrected chi connectivity index (χ3v) is 5.80. The number of ketones is 1. The Morgan fingerprint density at radius 2 is 1.12 bits per heavy atom. The van der Waals surface area contributed by atoms with E-state index in [1.54, 1.807) is 20.8 Å². The molecule has 0 saturated heterocycles. The molecule has 0 aromatic carbocycles. The number of amides is 1. The highest BCUT2D eigenvalue weighted by Gasteiger charge is 2.27. The molecular formula is C22H39NO3. The van der Waals surface area contributed by atoms with Crippen LogP contribution in [0.25, 0.3) is 0 Å². The number of hydrogen-bond acceptors (Lipinski definition) is 3. The molecule has 0 unspecified atom stereocenters. The Balaban J connectivity index is 4.07. The average molecular weight is 366 g/mol. The van der Waals surface area contributed by atoms with E-state index in [-0.39, 0.29) is 11.2 Å². The van der Waals surface area contributed by atoms with Gasteiger partial charge in [0.15, 0.2) is 0 Å². The molecule has 0 radical (unpaired) electrons. The van der Waals surface area contributed by atoms with Crippen LogP contribution in [0.5, 0.6) is 0 Å². The first-order valence-corrected chi connectivity index (χ1v) is 9.98. The third kappa shape index (κ3) is 9.40. The predicted molar refractivity (Wildman–Crippen MR) is 109 cm³/mol. The molecule has 1 amide bonds. The van der Waals surface area contributed by atoms with Gasteiger partial charge in [-0.2, -0.15) is 0 Å². The number of nitroso groups, excluding NO2 is 1. The Kier molecular flexibility index (Phi) is 10.8. The topological polar surface area (TPSA) is 63.6 Å². The van der Waals surface area contributed by atoms with E-state index >= 15 is 0 Å². The van der Waals surface area contributed by atoms with E-state index in [0.717, 1.165) is 44.9 Å². The zero-order valence-electron chi connectivity index (χ0n) is 18.0. The highest BCUT2D eigenvalue weighted by atomic mass is 16.3. The predicted octanol–water partition coefficient (Wildman–Crippen LogP) is 6.77. The molecule has 150 valence electrons. The number of carbonyl (C=O) groups excluding carboxylic acids is 2. The standard InChI is InChI=1S/C22H39NO3/c1-17(13-9-8-11-15-21(4,5)19(3)24)18(2)14-10-12-16-22(6,7)20(25)23-26/h8-16H2,1-7H3/b18-17-. The zero-order valence-corrected chi connectivity index (χ0v) is 18.0. The van der Waals surface area contributed by atoms with E-state index in [0.29, 0.717) is 6.42 Å². The number of rotatable bonds is 13. The van der Waals surface area contributed by atoms with Crippen molar-refractivity contribution in [2.24, 2.45) is 16.0 Å². The molecule has 0 atom stereocenters. The lowest BCUT2D eigenvalue weighted by molar-refractivity contribution is -0.126. The Bertz CT molecular complexity index is 515. The summed E-state index contributed by atoms with van der Waals surface area (Å²) in [7, 11) is 0. The van der Waals surface area contributed by atoms with E-state index in [2.05, 4.69) is 19.0 Å². The highest BCUT2D eigenvalue weighted by molar-refractivity contribution is 5.82. The van der Waals surface area contributed by atoms with Crippen molar-refractivity contribution in [2.45, 2.75) is 106 Å². The molecular weight excluding hydrogens is 326 g/mol. The summed E-state index contributed by atoms with van der Waals surface area (Å²) >= 11 is 0. The van der Waals surface area contributed by atoms with Gasteiger partial charge in [0.25, 0.3) is 5.91 Å². The van der Waals surface area contributed by atoms with Crippen LogP contribution in [0.4, 0.5) is 0 Å². The fourth-order valence-electron chi connectivity index (χ4n) is 2.92. The number of unbranched alkanes of at least 4 members (excludes halogenated alkanes) is 3. The maximum atomic E-state index is 11.5. The zero-order chi connectivity index (χ0) is 20.4. The molecule has 0 aromatic rings. The van der Waals surface area contributed by atoms with Crippen molar-refractivity contribution in [3.8, 4) is 0 Å². The van der Waals surface area contributed by atoms with E-state index < -0.39 is 11.3 Å². The summed E-state index contributed by atoms with van der Waals surface area (Å²) < 4.78 is 0. The largest absolute Gasteiger partial charge is 0.299 e. The van der Waals surface area contributed by atoms with Crippen molar-refractivity contribution < 1.29 is 9.59 Å². The second-order valence-electron chi connectivity index (χ2n) is 9.05. The molecule has 0 aliphatic rings. The molecule has 4 nitrogen and oxygen atoms in total. The van der Waals surface area contributed by atoms with Crippen molar-refractivity contribution in [3.63, 3.8) is 0 Å². The molecule has 26 heavy (non-hydrogen) atoms. The summed E-state index contributed by atoms with van der Waals surface area (Å²) in [6.07, 6.45) is 9.23. The molecule has 0 N–H and O–H groups in total. The van der Waals surface area contributed by atoms with E-state index in [4.69, 9.17) is 0 Å².